The predicted molar refractivity (Wildman–Crippen MR) is 65.8 cm³/mol. The van der Waals surface area contributed by atoms with E-state index in [2.05, 4.69) is 29.1 Å². The van der Waals surface area contributed by atoms with E-state index in [4.69, 9.17) is 16.7 Å². The maximum atomic E-state index is 9.04. The smallest absolute Gasteiger partial charge is 0.137 e. The number of rotatable bonds is 5. The van der Waals surface area contributed by atoms with Crippen molar-refractivity contribution in [3.05, 3.63) is 17.0 Å². The van der Waals surface area contributed by atoms with Crippen molar-refractivity contribution in [2.75, 3.05) is 11.9 Å². The van der Waals surface area contributed by atoms with Crippen molar-refractivity contribution >= 4 is 17.4 Å². The highest BCUT2D eigenvalue weighted by Gasteiger charge is 2.22. The van der Waals surface area contributed by atoms with Gasteiger partial charge in [-0.3, -0.25) is 0 Å². The second-order valence-corrected chi connectivity index (χ2v) is 4.51. The minimum absolute atomic E-state index is 0.148. The van der Waals surface area contributed by atoms with Crippen LogP contribution in [0, 0.1) is 6.92 Å². The molecule has 1 atom stereocenters. The Morgan fingerprint density at radius 2 is 2.19 bits per heavy atom. The zero-order valence-corrected chi connectivity index (χ0v) is 10.7. The summed E-state index contributed by atoms with van der Waals surface area (Å²) in [4.78, 5) is 8.07. The van der Waals surface area contributed by atoms with Crippen LogP contribution in [0.1, 0.15) is 32.3 Å². The highest BCUT2D eigenvalue weighted by molar-refractivity contribution is 6.30. The normalized spacial score (nSPS) is 14.6. The zero-order valence-electron chi connectivity index (χ0n) is 9.92. The van der Waals surface area contributed by atoms with Crippen LogP contribution in [0.2, 0.25) is 5.15 Å². The fourth-order valence-corrected chi connectivity index (χ4v) is 1.55. The average Bonchev–Trinajstić information content (AvgIpc) is 2.25. The Labute approximate surface area is 101 Å². The quantitative estimate of drug-likeness (QED) is 0.780. The van der Waals surface area contributed by atoms with Crippen LogP contribution >= 0.6 is 11.6 Å². The van der Waals surface area contributed by atoms with Crippen LogP contribution in [-0.2, 0) is 0 Å². The molecule has 5 heteroatoms. The Bertz CT molecular complexity index is 359. The van der Waals surface area contributed by atoms with Crippen LogP contribution in [-0.4, -0.2) is 27.2 Å². The van der Waals surface area contributed by atoms with Gasteiger partial charge in [0.15, 0.2) is 0 Å². The Morgan fingerprint density at radius 1 is 1.50 bits per heavy atom. The minimum Gasteiger partial charge on any atom is -0.396 e. The summed E-state index contributed by atoms with van der Waals surface area (Å²) in [5, 5.41) is 12.8. The SMILES string of the molecule is CCC(C)(CCO)Nc1ncnc(Cl)c1C. The van der Waals surface area contributed by atoms with Gasteiger partial charge in [0.05, 0.1) is 0 Å². The first-order chi connectivity index (χ1) is 7.52. The highest BCUT2D eigenvalue weighted by Crippen LogP contribution is 2.24. The van der Waals surface area contributed by atoms with E-state index in [-0.39, 0.29) is 12.1 Å². The number of hydrogen-bond acceptors (Lipinski definition) is 4. The average molecular weight is 244 g/mol. The van der Waals surface area contributed by atoms with Gasteiger partial charge in [-0.25, -0.2) is 9.97 Å². The fraction of sp³-hybridized carbons (Fsp3) is 0.636. The molecule has 1 unspecified atom stereocenters. The summed E-state index contributed by atoms with van der Waals surface area (Å²) in [6, 6.07) is 0. The third-order valence-corrected chi connectivity index (χ3v) is 3.27. The number of nitrogens with zero attached hydrogens (tertiary/aromatic N) is 2. The van der Waals surface area contributed by atoms with Crippen LogP contribution < -0.4 is 5.32 Å². The highest BCUT2D eigenvalue weighted by atomic mass is 35.5. The maximum absolute atomic E-state index is 9.04. The van der Waals surface area contributed by atoms with Crippen LogP contribution in [0.3, 0.4) is 0 Å². The van der Waals surface area contributed by atoms with E-state index < -0.39 is 0 Å². The predicted octanol–water partition coefficient (Wildman–Crippen LogP) is 2.40. The van der Waals surface area contributed by atoms with E-state index in [9.17, 15) is 0 Å². The van der Waals surface area contributed by atoms with E-state index in [1.165, 1.54) is 6.33 Å². The molecule has 0 amide bonds. The fourth-order valence-electron chi connectivity index (χ4n) is 1.41. The molecule has 0 aromatic carbocycles. The Kier molecular flexibility index (Phi) is 4.50. The van der Waals surface area contributed by atoms with Crippen molar-refractivity contribution in [3.63, 3.8) is 0 Å². The topological polar surface area (TPSA) is 58.0 Å². The van der Waals surface area contributed by atoms with Crippen molar-refractivity contribution < 1.29 is 5.11 Å². The van der Waals surface area contributed by atoms with Gasteiger partial charge in [0.2, 0.25) is 0 Å². The summed E-state index contributed by atoms with van der Waals surface area (Å²) in [7, 11) is 0. The second kappa shape index (κ2) is 5.46. The lowest BCUT2D eigenvalue weighted by molar-refractivity contribution is 0.251. The largest absolute Gasteiger partial charge is 0.396 e. The zero-order chi connectivity index (χ0) is 12.2. The van der Waals surface area contributed by atoms with E-state index in [0.29, 0.717) is 11.6 Å². The number of anilines is 1. The van der Waals surface area contributed by atoms with E-state index >= 15 is 0 Å². The van der Waals surface area contributed by atoms with Crippen molar-refractivity contribution in [1.82, 2.24) is 9.97 Å². The van der Waals surface area contributed by atoms with E-state index in [1.54, 1.807) is 0 Å². The lowest BCUT2D eigenvalue weighted by Crippen LogP contribution is -2.35. The molecule has 0 aliphatic carbocycles. The molecule has 16 heavy (non-hydrogen) atoms. The van der Waals surface area contributed by atoms with Crippen LogP contribution in [0.5, 0.6) is 0 Å². The first-order valence-corrected chi connectivity index (χ1v) is 5.76. The standard InChI is InChI=1S/C11H18ClN3O/c1-4-11(3,5-6-16)15-10-8(2)9(12)13-7-14-10/h7,16H,4-6H2,1-3H3,(H,13,14,15). The summed E-state index contributed by atoms with van der Waals surface area (Å²) < 4.78 is 0. The molecule has 0 fully saturated rings. The van der Waals surface area contributed by atoms with Gasteiger partial charge in [0.1, 0.15) is 17.3 Å². The van der Waals surface area contributed by atoms with Gasteiger partial charge in [-0.05, 0) is 26.7 Å². The summed E-state index contributed by atoms with van der Waals surface area (Å²) in [5.74, 6) is 0.734. The molecule has 0 radical (unpaired) electrons. The van der Waals surface area contributed by atoms with Gasteiger partial charge in [-0.1, -0.05) is 18.5 Å². The molecule has 4 nitrogen and oxygen atoms in total. The third-order valence-electron chi connectivity index (χ3n) is 2.89. The maximum Gasteiger partial charge on any atom is 0.137 e. The Balaban J connectivity index is 2.90. The number of hydrogen-bond donors (Lipinski definition) is 2. The summed E-state index contributed by atoms with van der Waals surface area (Å²) in [5.41, 5.74) is 0.666. The second-order valence-electron chi connectivity index (χ2n) is 4.15. The Morgan fingerprint density at radius 3 is 2.75 bits per heavy atom. The number of aliphatic hydroxyl groups excluding tert-OH is 1. The lowest BCUT2D eigenvalue weighted by Gasteiger charge is -2.30. The number of aliphatic hydroxyl groups is 1. The first-order valence-electron chi connectivity index (χ1n) is 5.38. The molecule has 1 heterocycles. The van der Waals surface area contributed by atoms with Crippen LogP contribution in [0.25, 0.3) is 0 Å². The molecule has 1 aromatic heterocycles. The van der Waals surface area contributed by atoms with Crippen molar-refractivity contribution in [2.45, 2.75) is 39.2 Å². The molecular formula is C11H18ClN3O. The lowest BCUT2D eigenvalue weighted by atomic mass is 9.95. The van der Waals surface area contributed by atoms with Crippen molar-refractivity contribution in [2.24, 2.45) is 0 Å². The molecular weight excluding hydrogens is 226 g/mol. The third kappa shape index (κ3) is 3.06. The van der Waals surface area contributed by atoms with Crippen LogP contribution in [0.15, 0.2) is 6.33 Å². The van der Waals surface area contributed by atoms with Gasteiger partial charge in [0.25, 0.3) is 0 Å². The van der Waals surface area contributed by atoms with E-state index in [0.717, 1.165) is 17.8 Å². The molecule has 0 aliphatic rings. The number of nitrogens with one attached hydrogen (secondary N) is 1. The van der Waals surface area contributed by atoms with Gasteiger partial charge in [-0.15, -0.1) is 0 Å². The molecule has 0 saturated carbocycles. The number of aromatic nitrogens is 2. The number of halogens is 1. The molecule has 0 bridgehead atoms. The Hall–Kier alpha value is -0.870. The van der Waals surface area contributed by atoms with Gasteiger partial charge in [-0.2, -0.15) is 0 Å². The molecule has 90 valence electrons. The van der Waals surface area contributed by atoms with Crippen molar-refractivity contribution in [3.8, 4) is 0 Å². The van der Waals surface area contributed by atoms with Gasteiger partial charge < -0.3 is 10.4 Å². The van der Waals surface area contributed by atoms with Gasteiger partial charge in [0, 0.05) is 17.7 Å². The first kappa shape index (κ1) is 13.2. The van der Waals surface area contributed by atoms with Gasteiger partial charge >= 0.3 is 0 Å². The molecule has 1 aromatic rings. The van der Waals surface area contributed by atoms with Crippen LogP contribution in [0.4, 0.5) is 5.82 Å². The molecule has 1 rings (SSSR count). The molecule has 2 N–H and O–H groups in total. The molecule has 0 saturated heterocycles. The summed E-state index contributed by atoms with van der Waals surface area (Å²) in [6.07, 6.45) is 3.01. The van der Waals surface area contributed by atoms with E-state index in [1.807, 2.05) is 6.92 Å². The van der Waals surface area contributed by atoms with Crippen molar-refractivity contribution in [1.29, 1.82) is 0 Å². The summed E-state index contributed by atoms with van der Waals surface area (Å²) >= 11 is 5.92. The molecule has 0 aliphatic heterocycles. The summed E-state index contributed by atoms with van der Waals surface area (Å²) in [6.45, 7) is 6.15. The minimum atomic E-state index is -0.169. The monoisotopic (exact) mass is 243 g/mol. The molecule has 0 spiro atoms.